The van der Waals surface area contributed by atoms with Crippen molar-refractivity contribution in [3.05, 3.63) is 50.1 Å². The molecule has 14 heteroatoms. The number of likely N-dealkylation sites (N-methyl/N-ethyl adjacent to an activating group) is 1. The Bertz CT molecular complexity index is 1600. The molecule has 12 nitrogen and oxygen atoms in total. The summed E-state index contributed by atoms with van der Waals surface area (Å²) >= 11 is 7.47. The van der Waals surface area contributed by atoms with Gasteiger partial charge < -0.3 is 31.2 Å². The third kappa shape index (κ3) is 5.90. The Labute approximate surface area is 251 Å². The van der Waals surface area contributed by atoms with Gasteiger partial charge in [0.1, 0.15) is 5.69 Å². The van der Waals surface area contributed by atoms with Crippen molar-refractivity contribution in [3.63, 3.8) is 0 Å². The molecule has 1 aromatic carbocycles. The van der Waals surface area contributed by atoms with E-state index in [1.165, 1.54) is 22.3 Å². The summed E-state index contributed by atoms with van der Waals surface area (Å²) in [7, 11) is 5.38. The molecule has 5 N–H and O–H groups in total. The second-order valence-corrected chi connectivity index (χ2v) is 12.6. The van der Waals surface area contributed by atoms with Crippen LogP contribution >= 0.6 is 22.9 Å². The Morgan fingerprint density at radius 1 is 1.12 bits per heavy atom. The molecule has 0 saturated heterocycles. The number of amides is 4. The highest BCUT2D eigenvalue weighted by Crippen LogP contribution is 2.30. The predicted octanol–water partition coefficient (Wildman–Crippen LogP) is 1.72. The van der Waals surface area contributed by atoms with Crippen molar-refractivity contribution in [3.8, 4) is 0 Å². The first kappa shape index (κ1) is 29.7. The fourth-order valence-electron chi connectivity index (χ4n) is 5.68. The van der Waals surface area contributed by atoms with Gasteiger partial charge in [-0.15, -0.1) is 11.3 Å². The molecular weight excluding hydrogens is 582 g/mol. The van der Waals surface area contributed by atoms with Crippen molar-refractivity contribution >= 4 is 63.3 Å². The number of rotatable bonds is 7. The van der Waals surface area contributed by atoms with E-state index in [2.05, 4.69) is 25.5 Å². The number of fused-ring (bicyclic) bond motifs is 2. The van der Waals surface area contributed by atoms with Gasteiger partial charge in [-0.2, -0.15) is 0 Å². The summed E-state index contributed by atoms with van der Waals surface area (Å²) in [5, 5.41) is 6.88. The number of benzene rings is 1. The first-order chi connectivity index (χ1) is 19.9. The average molecular weight is 614 g/mol. The molecule has 0 unspecified atom stereocenters. The number of Topliss-reactive ketones (excluding diaryl/α,β-unsaturated/α-hetero) is 1. The van der Waals surface area contributed by atoms with Crippen LogP contribution in [0.4, 0.5) is 0 Å². The highest BCUT2D eigenvalue weighted by Gasteiger charge is 2.38. The molecule has 5 rings (SSSR count). The zero-order chi connectivity index (χ0) is 30.3. The van der Waals surface area contributed by atoms with Gasteiger partial charge >= 0.3 is 0 Å². The second kappa shape index (κ2) is 11.8. The molecule has 0 bridgehead atoms. The van der Waals surface area contributed by atoms with E-state index >= 15 is 0 Å². The lowest BCUT2D eigenvalue weighted by atomic mass is 9.81. The van der Waals surface area contributed by atoms with Gasteiger partial charge in [0.2, 0.25) is 5.91 Å². The van der Waals surface area contributed by atoms with Crippen molar-refractivity contribution in [1.82, 2.24) is 30.4 Å². The quantitative estimate of drug-likeness (QED) is 0.232. The number of hydrogen-bond donors (Lipinski definition) is 4. The summed E-state index contributed by atoms with van der Waals surface area (Å²) in [5.41, 5.74) is 6.34. The molecule has 3 heterocycles. The van der Waals surface area contributed by atoms with Crippen LogP contribution in [-0.4, -0.2) is 89.0 Å². The van der Waals surface area contributed by atoms with Gasteiger partial charge in [0.25, 0.3) is 23.5 Å². The maximum Gasteiger partial charge on any atom is 0.289 e. The number of primary amides is 1. The van der Waals surface area contributed by atoms with Crippen LogP contribution in [0, 0.1) is 5.92 Å². The molecule has 222 valence electrons. The molecule has 42 heavy (non-hydrogen) atoms. The molecule has 1 saturated carbocycles. The van der Waals surface area contributed by atoms with E-state index in [9.17, 15) is 24.0 Å². The third-order valence-corrected chi connectivity index (χ3v) is 9.14. The number of nitrogens with one attached hydrogen (secondary N) is 3. The van der Waals surface area contributed by atoms with Gasteiger partial charge in [-0.05, 0) is 44.5 Å². The smallest absolute Gasteiger partial charge is 0.289 e. The van der Waals surface area contributed by atoms with Gasteiger partial charge in [0.05, 0.1) is 17.3 Å². The Hall–Kier alpha value is -3.81. The summed E-state index contributed by atoms with van der Waals surface area (Å²) in [4.78, 5) is 76.7. The normalized spacial score (nSPS) is 20.5. The minimum atomic E-state index is -1.21. The van der Waals surface area contributed by atoms with Crippen LogP contribution in [0.1, 0.15) is 60.5 Å². The maximum atomic E-state index is 13.6. The van der Waals surface area contributed by atoms with E-state index < -0.39 is 29.7 Å². The molecule has 2 aromatic heterocycles. The minimum Gasteiger partial charge on any atom is -0.363 e. The molecule has 1 aliphatic carbocycles. The van der Waals surface area contributed by atoms with Gasteiger partial charge in [-0.1, -0.05) is 11.6 Å². The number of aromatic nitrogens is 2. The second-order valence-electron chi connectivity index (χ2n) is 11.0. The topological polar surface area (TPSA) is 171 Å². The van der Waals surface area contributed by atoms with Crippen molar-refractivity contribution in [2.75, 3.05) is 27.7 Å². The summed E-state index contributed by atoms with van der Waals surface area (Å²) in [6, 6.07) is 3.50. The SMILES string of the molecule is CN1CCc2nc(C(=O)N[C@@H]3C[C@@H](C(=O)N(C)C)CC[C@@H]3NC(=O)c3[nH]c4ccc(Cl)cc4c3C(=O)C(N)=O)sc2C1. The van der Waals surface area contributed by atoms with Crippen LogP contribution in [-0.2, 0) is 22.6 Å². The number of halogens is 1. The number of nitrogens with two attached hydrogens (primary N) is 1. The molecule has 2 aliphatic rings. The highest BCUT2D eigenvalue weighted by atomic mass is 35.5. The number of carbonyl (C=O) groups is 5. The molecular formula is C28H32ClN7O5S. The van der Waals surface area contributed by atoms with E-state index in [1.54, 1.807) is 26.2 Å². The first-order valence-corrected chi connectivity index (χ1v) is 14.8. The van der Waals surface area contributed by atoms with Gasteiger partial charge in [0.15, 0.2) is 5.01 Å². The van der Waals surface area contributed by atoms with Crippen LogP contribution in [0.2, 0.25) is 5.02 Å². The summed E-state index contributed by atoms with van der Waals surface area (Å²) in [6.07, 6.45) is 1.95. The lowest BCUT2D eigenvalue weighted by molar-refractivity contribution is -0.134. The first-order valence-electron chi connectivity index (χ1n) is 13.6. The van der Waals surface area contributed by atoms with Crippen LogP contribution in [0.25, 0.3) is 10.9 Å². The van der Waals surface area contributed by atoms with Gasteiger partial charge in [-0.25, -0.2) is 4.98 Å². The molecule has 0 radical (unpaired) electrons. The highest BCUT2D eigenvalue weighted by molar-refractivity contribution is 7.13. The number of carbonyl (C=O) groups excluding carboxylic acids is 5. The molecule has 1 aliphatic heterocycles. The number of H-pyrrole nitrogens is 1. The number of thiazole rings is 1. The van der Waals surface area contributed by atoms with Crippen LogP contribution < -0.4 is 16.4 Å². The van der Waals surface area contributed by atoms with Crippen LogP contribution in [0.15, 0.2) is 18.2 Å². The van der Waals surface area contributed by atoms with E-state index in [0.29, 0.717) is 40.2 Å². The van der Waals surface area contributed by atoms with E-state index in [0.717, 1.165) is 30.1 Å². The Kier molecular flexibility index (Phi) is 8.35. The monoisotopic (exact) mass is 613 g/mol. The molecule has 3 aromatic rings. The number of hydrogen-bond acceptors (Lipinski definition) is 8. The average Bonchev–Trinajstić information content (AvgIpc) is 3.54. The van der Waals surface area contributed by atoms with Crippen molar-refractivity contribution < 1.29 is 24.0 Å². The van der Waals surface area contributed by atoms with Crippen molar-refractivity contribution in [2.24, 2.45) is 11.7 Å². The number of aromatic amines is 1. The molecule has 3 atom stereocenters. The zero-order valence-corrected chi connectivity index (χ0v) is 25.0. The zero-order valence-electron chi connectivity index (χ0n) is 23.5. The third-order valence-electron chi connectivity index (χ3n) is 7.83. The maximum absolute atomic E-state index is 13.6. The number of ketones is 1. The Morgan fingerprint density at radius 3 is 2.57 bits per heavy atom. The van der Waals surface area contributed by atoms with Crippen LogP contribution in [0.3, 0.4) is 0 Å². The summed E-state index contributed by atoms with van der Waals surface area (Å²) in [6.45, 7) is 1.59. The summed E-state index contributed by atoms with van der Waals surface area (Å²) < 4.78 is 0. The fourth-order valence-corrected chi connectivity index (χ4v) is 6.94. The van der Waals surface area contributed by atoms with Crippen molar-refractivity contribution in [1.29, 1.82) is 0 Å². The summed E-state index contributed by atoms with van der Waals surface area (Å²) in [5.74, 6) is -3.68. The van der Waals surface area contributed by atoms with Gasteiger partial charge in [-0.3, -0.25) is 24.0 Å². The van der Waals surface area contributed by atoms with Crippen LogP contribution in [0.5, 0.6) is 0 Å². The molecule has 0 spiro atoms. The Balaban J connectivity index is 1.42. The molecule has 1 fully saturated rings. The minimum absolute atomic E-state index is 0.0615. The lowest BCUT2D eigenvalue weighted by Crippen LogP contribution is -2.56. The van der Waals surface area contributed by atoms with E-state index in [-0.39, 0.29) is 29.0 Å². The standard InChI is InChI=1S/C28H32ClN7O5S/c1-35(2)28(41)13-4-6-17(19(10-13)33-26(40)27-34-18-8-9-36(3)12-20(18)42-27)32-25(39)22-21(23(37)24(30)38)15-11-14(29)5-7-16(15)31-22/h5,7,11,13,17,19,31H,4,6,8-10,12H2,1-3H3,(H2,30,38)(H,32,39)(H,33,40)/t13-,17-,19+/m0/s1. The van der Waals surface area contributed by atoms with Gasteiger partial charge in [0, 0.05) is 66.4 Å². The fraction of sp³-hybridized carbons (Fsp3) is 0.429. The van der Waals surface area contributed by atoms with E-state index in [1.807, 2.05) is 7.05 Å². The molecule has 4 amide bonds. The largest absolute Gasteiger partial charge is 0.363 e. The Morgan fingerprint density at radius 2 is 1.86 bits per heavy atom. The lowest BCUT2D eigenvalue weighted by Gasteiger charge is -2.37. The van der Waals surface area contributed by atoms with E-state index in [4.69, 9.17) is 17.3 Å². The predicted molar refractivity (Wildman–Crippen MR) is 158 cm³/mol. The number of nitrogens with zero attached hydrogens (tertiary/aromatic N) is 3. The van der Waals surface area contributed by atoms with Crippen molar-refractivity contribution in [2.45, 2.75) is 44.3 Å².